The number of para-hydroxylation sites is 1. The lowest BCUT2D eigenvalue weighted by Gasteiger charge is -2.22. The SMILES string of the molecule is N#CCCN(C(=O)Cn1cnc2c(Cl)cc(Cl)cc2c1=O)c1ccccc1. The summed E-state index contributed by atoms with van der Waals surface area (Å²) in [6, 6.07) is 14.0. The Balaban J connectivity index is 1.95. The summed E-state index contributed by atoms with van der Waals surface area (Å²) in [5.74, 6) is -0.326. The van der Waals surface area contributed by atoms with Gasteiger partial charge in [0.2, 0.25) is 5.91 Å². The first-order valence-corrected chi connectivity index (χ1v) is 8.83. The van der Waals surface area contributed by atoms with Gasteiger partial charge in [-0.15, -0.1) is 0 Å². The van der Waals surface area contributed by atoms with Gasteiger partial charge in [-0.25, -0.2) is 4.98 Å². The molecule has 0 bridgehead atoms. The van der Waals surface area contributed by atoms with Gasteiger partial charge in [-0.2, -0.15) is 5.26 Å². The molecule has 8 heteroatoms. The van der Waals surface area contributed by atoms with Crippen LogP contribution in [0.2, 0.25) is 10.0 Å². The number of benzene rings is 2. The summed E-state index contributed by atoms with van der Waals surface area (Å²) in [7, 11) is 0. The average Bonchev–Trinajstić information content (AvgIpc) is 2.65. The zero-order chi connectivity index (χ0) is 19.4. The zero-order valence-electron chi connectivity index (χ0n) is 14.1. The van der Waals surface area contributed by atoms with E-state index in [2.05, 4.69) is 4.98 Å². The predicted molar refractivity (Wildman–Crippen MR) is 105 cm³/mol. The van der Waals surface area contributed by atoms with Crippen molar-refractivity contribution in [2.24, 2.45) is 0 Å². The van der Waals surface area contributed by atoms with Gasteiger partial charge in [0.1, 0.15) is 6.54 Å². The number of hydrogen-bond donors (Lipinski definition) is 0. The maximum Gasteiger partial charge on any atom is 0.261 e. The molecule has 0 unspecified atom stereocenters. The number of fused-ring (bicyclic) bond motifs is 1. The second-order valence-electron chi connectivity index (χ2n) is 5.75. The predicted octanol–water partition coefficient (Wildman–Crippen LogP) is 3.65. The number of hydrogen-bond acceptors (Lipinski definition) is 4. The molecule has 3 rings (SSSR count). The smallest absolute Gasteiger partial charge is 0.261 e. The highest BCUT2D eigenvalue weighted by Crippen LogP contribution is 2.24. The number of amides is 1. The third-order valence-corrected chi connectivity index (χ3v) is 4.47. The van der Waals surface area contributed by atoms with Crippen LogP contribution in [0.1, 0.15) is 6.42 Å². The van der Waals surface area contributed by atoms with Crippen molar-refractivity contribution in [3.8, 4) is 6.07 Å². The third-order valence-electron chi connectivity index (χ3n) is 3.97. The number of nitrogens with zero attached hydrogens (tertiary/aromatic N) is 4. The van der Waals surface area contributed by atoms with Gasteiger partial charge < -0.3 is 4.90 Å². The molecule has 2 aromatic carbocycles. The molecule has 0 N–H and O–H groups in total. The molecule has 0 saturated heterocycles. The largest absolute Gasteiger partial charge is 0.310 e. The van der Waals surface area contributed by atoms with Gasteiger partial charge in [-0.05, 0) is 24.3 Å². The Morgan fingerprint density at radius 3 is 2.67 bits per heavy atom. The highest BCUT2D eigenvalue weighted by Gasteiger charge is 2.18. The van der Waals surface area contributed by atoms with Crippen molar-refractivity contribution < 1.29 is 4.79 Å². The molecule has 0 fully saturated rings. The second kappa shape index (κ2) is 8.21. The fourth-order valence-electron chi connectivity index (χ4n) is 2.71. The van der Waals surface area contributed by atoms with Crippen molar-refractivity contribution in [1.29, 1.82) is 5.26 Å². The Morgan fingerprint density at radius 2 is 1.96 bits per heavy atom. The van der Waals surface area contributed by atoms with Crippen LogP contribution < -0.4 is 10.5 Å². The molecule has 0 spiro atoms. The van der Waals surface area contributed by atoms with Gasteiger partial charge in [0, 0.05) is 17.3 Å². The van der Waals surface area contributed by atoms with Crippen molar-refractivity contribution in [2.45, 2.75) is 13.0 Å². The van der Waals surface area contributed by atoms with Crippen LogP contribution in [-0.4, -0.2) is 22.0 Å². The fraction of sp³-hybridized carbons (Fsp3) is 0.158. The first-order valence-electron chi connectivity index (χ1n) is 8.08. The van der Waals surface area contributed by atoms with Crippen molar-refractivity contribution in [2.75, 3.05) is 11.4 Å². The van der Waals surface area contributed by atoms with E-state index in [0.29, 0.717) is 16.2 Å². The summed E-state index contributed by atoms with van der Waals surface area (Å²) in [6.45, 7) is 0.0129. The molecule has 0 aliphatic rings. The van der Waals surface area contributed by atoms with Crippen LogP contribution in [-0.2, 0) is 11.3 Å². The second-order valence-corrected chi connectivity index (χ2v) is 6.59. The van der Waals surface area contributed by atoms with Crippen LogP contribution >= 0.6 is 23.2 Å². The quantitative estimate of drug-likeness (QED) is 0.654. The first kappa shape index (κ1) is 18.9. The summed E-state index contributed by atoms with van der Waals surface area (Å²) in [5, 5.41) is 9.70. The van der Waals surface area contributed by atoms with Gasteiger partial charge in [0.05, 0.1) is 34.7 Å². The molecular weight excluding hydrogens is 387 g/mol. The van der Waals surface area contributed by atoms with Crippen molar-refractivity contribution >= 4 is 45.7 Å². The lowest BCUT2D eigenvalue weighted by molar-refractivity contribution is -0.119. The van der Waals surface area contributed by atoms with E-state index in [0.717, 1.165) is 0 Å². The van der Waals surface area contributed by atoms with Gasteiger partial charge in [-0.3, -0.25) is 14.2 Å². The van der Waals surface area contributed by atoms with Gasteiger partial charge in [0.15, 0.2) is 0 Å². The maximum absolute atomic E-state index is 12.8. The normalized spacial score (nSPS) is 10.6. The Labute approximate surface area is 165 Å². The molecule has 1 aromatic heterocycles. The Morgan fingerprint density at radius 1 is 1.22 bits per heavy atom. The lowest BCUT2D eigenvalue weighted by Crippen LogP contribution is -2.37. The molecule has 1 heterocycles. The molecule has 0 saturated carbocycles. The number of aromatic nitrogens is 2. The molecule has 0 aliphatic carbocycles. The summed E-state index contributed by atoms with van der Waals surface area (Å²) >= 11 is 12.1. The molecule has 0 aliphatic heterocycles. The van der Waals surface area contributed by atoms with Crippen molar-refractivity contribution in [3.05, 3.63) is 69.2 Å². The van der Waals surface area contributed by atoms with E-state index in [9.17, 15) is 9.59 Å². The van der Waals surface area contributed by atoms with E-state index in [1.807, 2.05) is 12.1 Å². The Kier molecular flexibility index (Phi) is 5.75. The zero-order valence-corrected chi connectivity index (χ0v) is 15.6. The van der Waals surface area contributed by atoms with Crippen LogP contribution in [0, 0.1) is 11.3 Å². The molecule has 136 valence electrons. The topological polar surface area (TPSA) is 79.0 Å². The summed E-state index contributed by atoms with van der Waals surface area (Å²) in [5.41, 5.74) is 0.579. The van der Waals surface area contributed by atoms with E-state index in [1.165, 1.54) is 27.9 Å². The fourth-order valence-corrected chi connectivity index (χ4v) is 3.25. The van der Waals surface area contributed by atoms with Gasteiger partial charge in [0.25, 0.3) is 5.56 Å². The molecule has 1 amide bonds. The Hall–Kier alpha value is -2.88. The average molecular weight is 401 g/mol. The van der Waals surface area contributed by atoms with Gasteiger partial charge >= 0.3 is 0 Å². The van der Waals surface area contributed by atoms with E-state index in [-0.39, 0.29) is 35.8 Å². The van der Waals surface area contributed by atoms with E-state index in [4.69, 9.17) is 28.5 Å². The summed E-state index contributed by atoms with van der Waals surface area (Å²) in [4.78, 5) is 31.2. The molecule has 6 nitrogen and oxygen atoms in total. The number of carbonyl (C=O) groups is 1. The minimum Gasteiger partial charge on any atom is -0.310 e. The summed E-state index contributed by atoms with van der Waals surface area (Å²) in [6.07, 6.45) is 1.46. The standard InChI is InChI=1S/C19H14Cl2N4O2/c20-13-9-15-18(16(21)10-13)23-12-24(19(15)27)11-17(26)25(8-4-7-22)14-5-2-1-3-6-14/h1-3,5-6,9-10,12H,4,8,11H2. The maximum atomic E-state index is 12.8. The van der Waals surface area contributed by atoms with Crippen LogP contribution in [0.15, 0.2) is 53.6 Å². The number of carbonyl (C=O) groups excluding carboxylic acids is 1. The van der Waals surface area contributed by atoms with Crippen molar-refractivity contribution in [1.82, 2.24) is 9.55 Å². The van der Waals surface area contributed by atoms with Crippen LogP contribution in [0.4, 0.5) is 5.69 Å². The lowest BCUT2D eigenvalue weighted by atomic mass is 10.2. The Bertz CT molecular complexity index is 1090. The molecule has 3 aromatic rings. The van der Waals surface area contributed by atoms with Crippen LogP contribution in [0.5, 0.6) is 0 Å². The molecule has 27 heavy (non-hydrogen) atoms. The van der Waals surface area contributed by atoms with Crippen molar-refractivity contribution in [3.63, 3.8) is 0 Å². The molecule has 0 radical (unpaired) electrons. The van der Waals surface area contributed by atoms with Crippen LogP contribution in [0.3, 0.4) is 0 Å². The number of anilines is 1. The third kappa shape index (κ3) is 4.11. The van der Waals surface area contributed by atoms with Gasteiger partial charge in [-0.1, -0.05) is 41.4 Å². The van der Waals surface area contributed by atoms with Crippen LogP contribution in [0.25, 0.3) is 10.9 Å². The monoisotopic (exact) mass is 400 g/mol. The number of halogens is 2. The molecular formula is C19H14Cl2N4O2. The minimum absolute atomic E-state index is 0.177. The highest BCUT2D eigenvalue weighted by molar-refractivity contribution is 6.38. The summed E-state index contributed by atoms with van der Waals surface area (Å²) < 4.78 is 1.21. The number of nitriles is 1. The first-order chi connectivity index (χ1) is 13.0. The highest BCUT2D eigenvalue weighted by atomic mass is 35.5. The number of rotatable bonds is 5. The molecule has 0 atom stereocenters. The van der Waals surface area contributed by atoms with E-state index >= 15 is 0 Å². The van der Waals surface area contributed by atoms with E-state index < -0.39 is 5.56 Å². The minimum atomic E-state index is -0.411. The van der Waals surface area contributed by atoms with E-state index in [1.54, 1.807) is 24.3 Å².